The molecule has 2 rings (SSSR count). The molecule has 1 N–H and O–H groups in total. The average Bonchev–Trinajstić information content (AvgIpc) is 2.46. The summed E-state index contributed by atoms with van der Waals surface area (Å²) in [7, 11) is 0. The van der Waals surface area contributed by atoms with Crippen LogP contribution in [0.5, 0.6) is 0 Å². The first-order chi connectivity index (χ1) is 9.99. The fraction of sp³-hybridized carbons (Fsp3) is 0.467. The van der Waals surface area contributed by atoms with Crippen molar-refractivity contribution in [1.29, 1.82) is 0 Å². The Morgan fingerprint density at radius 2 is 2.29 bits per heavy atom. The molecule has 1 heterocycles. The number of carboxylic acid groups (broad SMARTS) is 1. The smallest absolute Gasteiger partial charge is 0.328 e. The topological polar surface area (TPSA) is 66.8 Å². The molecule has 114 valence electrons. The van der Waals surface area contributed by atoms with Gasteiger partial charge < -0.3 is 14.7 Å². The van der Waals surface area contributed by atoms with Gasteiger partial charge in [0.05, 0.1) is 13.2 Å². The SMILES string of the molecule is CC(Cc1cccc(Cl)c1)C(=O)N1CCOCC1C(=O)O. The first-order valence-electron chi connectivity index (χ1n) is 6.84. The fourth-order valence-electron chi connectivity index (χ4n) is 2.46. The van der Waals surface area contributed by atoms with Gasteiger partial charge in [0.25, 0.3) is 0 Å². The zero-order valence-electron chi connectivity index (χ0n) is 11.8. The minimum absolute atomic E-state index is 0.0466. The summed E-state index contributed by atoms with van der Waals surface area (Å²) in [4.78, 5) is 25.1. The van der Waals surface area contributed by atoms with E-state index in [9.17, 15) is 14.7 Å². The van der Waals surface area contributed by atoms with Crippen LogP contribution in [0.25, 0.3) is 0 Å². The highest BCUT2D eigenvalue weighted by Crippen LogP contribution is 2.18. The van der Waals surface area contributed by atoms with E-state index in [0.717, 1.165) is 5.56 Å². The number of morpholine rings is 1. The quantitative estimate of drug-likeness (QED) is 0.921. The van der Waals surface area contributed by atoms with Crippen molar-refractivity contribution in [3.05, 3.63) is 34.9 Å². The molecule has 1 aliphatic rings. The highest BCUT2D eigenvalue weighted by Gasteiger charge is 2.34. The Balaban J connectivity index is 2.05. The second-order valence-corrected chi connectivity index (χ2v) is 5.63. The zero-order valence-corrected chi connectivity index (χ0v) is 12.5. The van der Waals surface area contributed by atoms with E-state index in [4.69, 9.17) is 16.3 Å². The Hall–Kier alpha value is -1.59. The van der Waals surface area contributed by atoms with Gasteiger partial charge in [-0.05, 0) is 24.1 Å². The summed E-state index contributed by atoms with van der Waals surface area (Å²) in [5.74, 6) is -1.49. The molecule has 2 unspecified atom stereocenters. The van der Waals surface area contributed by atoms with Gasteiger partial charge in [0, 0.05) is 17.5 Å². The molecule has 1 fully saturated rings. The summed E-state index contributed by atoms with van der Waals surface area (Å²) in [5, 5.41) is 9.80. The highest BCUT2D eigenvalue weighted by atomic mass is 35.5. The molecule has 0 aromatic heterocycles. The maximum absolute atomic E-state index is 12.5. The summed E-state index contributed by atoms with van der Waals surface area (Å²) in [6.45, 7) is 2.54. The number of ether oxygens (including phenoxy) is 1. The van der Waals surface area contributed by atoms with Crippen LogP contribution in [0.1, 0.15) is 12.5 Å². The molecule has 1 saturated heterocycles. The molecule has 0 radical (unpaired) electrons. The number of nitrogens with zero attached hydrogens (tertiary/aromatic N) is 1. The molecule has 21 heavy (non-hydrogen) atoms. The van der Waals surface area contributed by atoms with Gasteiger partial charge in [-0.15, -0.1) is 0 Å². The predicted molar refractivity (Wildman–Crippen MR) is 78.3 cm³/mol. The lowest BCUT2D eigenvalue weighted by molar-refractivity contribution is -0.160. The van der Waals surface area contributed by atoms with E-state index in [1.807, 2.05) is 18.2 Å². The highest BCUT2D eigenvalue weighted by molar-refractivity contribution is 6.30. The van der Waals surface area contributed by atoms with Gasteiger partial charge in [0.1, 0.15) is 0 Å². The molecule has 6 heteroatoms. The Bertz CT molecular complexity index is 534. The molecule has 1 amide bonds. The minimum atomic E-state index is -1.03. The summed E-state index contributed by atoms with van der Waals surface area (Å²) < 4.78 is 5.15. The van der Waals surface area contributed by atoms with Gasteiger partial charge in [0.2, 0.25) is 5.91 Å². The number of aliphatic carboxylic acids is 1. The molecule has 0 saturated carbocycles. The van der Waals surface area contributed by atoms with Gasteiger partial charge >= 0.3 is 5.97 Å². The van der Waals surface area contributed by atoms with Crippen molar-refractivity contribution in [1.82, 2.24) is 4.90 Å². The maximum atomic E-state index is 12.5. The zero-order chi connectivity index (χ0) is 15.4. The van der Waals surface area contributed by atoms with E-state index in [2.05, 4.69) is 0 Å². The van der Waals surface area contributed by atoms with Gasteiger partial charge in [-0.25, -0.2) is 4.79 Å². The third-order valence-electron chi connectivity index (χ3n) is 3.55. The van der Waals surface area contributed by atoms with Crippen LogP contribution in [-0.4, -0.2) is 47.7 Å². The van der Waals surface area contributed by atoms with Crippen LogP contribution in [-0.2, 0) is 20.7 Å². The van der Waals surface area contributed by atoms with Crippen molar-refractivity contribution in [3.8, 4) is 0 Å². The lowest BCUT2D eigenvalue weighted by Gasteiger charge is -2.34. The van der Waals surface area contributed by atoms with Crippen LogP contribution in [0.2, 0.25) is 5.02 Å². The molecule has 1 aromatic rings. The van der Waals surface area contributed by atoms with E-state index >= 15 is 0 Å². The van der Waals surface area contributed by atoms with Gasteiger partial charge in [-0.3, -0.25) is 4.79 Å². The number of carbonyl (C=O) groups excluding carboxylic acids is 1. The largest absolute Gasteiger partial charge is 0.480 e. The first-order valence-corrected chi connectivity index (χ1v) is 7.22. The monoisotopic (exact) mass is 311 g/mol. The van der Waals surface area contributed by atoms with Crippen LogP contribution in [0.15, 0.2) is 24.3 Å². The van der Waals surface area contributed by atoms with Crippen molar-refractivity contribution in [2.45, 2.75) is 19.4 Å². The van der Waals surface area contributed by atoms with Crippen LogP contribution < -0.4 is 0 Å². The van der Waals surface area contributed by atoms with Crippen molar-refractivity contribution in [2.75, 3.05) is 19.8 Å². The molecule has 0 bridgehead atoms. The molecule has 1 aromatic carbocycles. The van der Waals surface area contributed by atoms with Crippen molar-refractivity contribution >= 4 is 23.5 Å². The Morgan fingerprint density at radius 3 is 2.95 bits per heavy atom. The first kappa shape index (κ1) is 15.8. The summed E-state index contributed by atoms with van der Waals surface area (Å²) in [6, 6.07) is 6.44. The van der Waals surface area contributed by atoms with Gasteiger partial charge in [-0.1, -0.05) is 30.7 Å². The van der Waals surface area contributed by atoms with Gasteiger partial charge in [0.15, 0.2) is 6.04 Å². The predicted octanol–water partition coefficient (Wildman–Crippen LogP) is 1.83. The Labute approximate surface area is 128 Å². The average molecular weight is 312 g/mol. The van der Waals surface area contributed by atoms with Crippen LogP contribution >= 0.6 is 11.6 Å². The lowest BCUT2D eigenvalue weighted by Crippen LogP contribution is -2.54. The molecule has 2 atom stereocenters. The summed E-state index contributed by atoms with van der Waals surface area (Å²) in [5.41, 5.74) is 0.962. The Kier molecular flexibility index (Phi) is 5.20. The number of rotatable bonds is 4. The molecular formula is C15H18ClNO4. The molecular weight excluding hydrogens is 294 g/mol. The van der Waals surface area contributed by atoms with Crippen LogP contribution in [0.3, 0.4) is 0 Å². The molecule has 0 aliphatic carbocycles. The number of hydrogen-bond donors (Lipinski definition) is 1. The van der Waals surface area contributed by atoms with Crippen LogP contribution in [0, 0.1) is 5.92 Å². The third-order valence-corrected chi connectivity index (χ3v) is 3.78. The van der Waals surface area contributed by atoms with E-state index in [0.29, 0.717) is 24.6 Å². The lowest BCUT2D eigenvalue weighted by atomic mass is 9.99. The number of carbonyl (C=O) groups is 2. The normalized spacial score (nSPS) is 20.1. The van der Waals surface area contributed by atoms with E-state index < -0.39 is 12.0 Å². The number of hydrogen-bond acceptors (Lipinski definition) is 3. The van der Waals surface area contributed by atoms with Crippen molar-refractivity contribution in [3.63, 3.8) is 0 Å². The third kappa shape index (κ3) is 3.95. The van der Waals surface area contributed by atoms with Crippen molar-refractivity contribution < 1.29 is 19.4 Å². The number of amides is 1. The van der Waals surface area contributed by atoms with Gasteiger partial charge in [-0.2, -0.15) is 0 Å². The van der Waals surface area contributed by atoms with E-state index in [1.165, 1.54) is 4.90 Å². The van der Waals surface area contributed by atoms with Crippen LogP contribution in [0.4, 0.5) is 0 Å². The Morgan fingerprint density at radius 1 is 1.52 bits per heavy atom. The second kappa shape index (κ2) is 6.91. The second-order valence-electron chi connectivity index (χ2n) is 5.20. The van der Waals surface area contributed by atoms with E-state index in [-0.39, 0.29) is 18.4 Å². The maximum Gasteiger partial charge on any atom is 0.328 e. The van der Waals surface area contributed by atoms with E-state index in [1.54, 1.807) is 13.0 Å². The molecule has 1 aliphatic heterocycles. The number of halogens is 1. The van der Waals surface area contributed by atoms with Crippen molar-refractivity contribution in [2.24, 2.45) is 5.92 Å². The standard InChI is InChI=1S/C15H18ClNO4/c1-10(7-11-3-2-4-12(16)8-11)14(18)17-5-6-21-9-13(17)15(19)20/h2-4,8,10,13H,5-7,9H2,1H3,(H,19,20). The molecule has 5 nitrogen and oxygen atoms in total. The number of carboxylic acids is 1. The fourth-order valence-corrected chi connectivity index (χ4v) is 2.67. The minimum Gasteiger partial charge on any atom is -0.480 e. The summed E-state index contributed by atoms with van der Waals surface area (Å²) in [6.07, 6.45) is 0.531. The number of benzene rings is 1. The molecule has 0 spiro atoms. The summed E-state index contributed by atoms with van der Waals surface area (Å²) >= 11 is 5.93.